The number of carbonyl (C=O) groups is 1. The number of aromatic nitrogens is 1. The average molecular weight is 327 g/mol. The minimum absolute atomic E-state index is 0.350. The minimum atomic E-state index is -0.350. The minimum Gasteiger partial charge on any atom is -0.308 e. The molecule has 0 aliphatic carbocycles. The molecule has 0 bridgehead atoms. The molecular weight excluding hydrogens is 318 g/mol. The van der Waals surface area contributed by atoms with E-state index >= 15 is 0 Å². The molecule has 2 amide bonds. The van der Waals surface area contributed by atoms with Gasteiger partial charge in [0, 0.05) is 21.4 Å². The molecule has 0 radical (unpaired) electrons. The highest BCUT2D eigenvalue weighted by atomic mass is 79.9. The van der Waals surface area contributed by atoms with E-state index in [1.54, 1.807) is 42.7 Å². The van der Waals surface area contributed by atoms with Gasteiger partial charge in [0.15, 0.2) is 0 Å². The molecule has 0 saturated carbocycles. The van der Waals surface area contributed by atoms with Crippen LogP contribution in [0, 0.1) is 0 Å². The molecule has 0 atom stereocenters. The molecule has 92 valence electrons. The van der Waals surface area contributed by atoms with Crippen molar-refractivity contribution in [1.29, 1.82) is 0 Å². The molecule has 4 nitrogen and oxygen atoms in total. The Hall–Kier alpha value is -1.59. The van der Waals surface area contributed by atoms with Crippen molar-refractivity contribution in [3.05, 3.63) is 52.2 Å². The quantitative estimate of drug-likeness (QED) is 0.871. The van der Waals surface area contributed by atoms with Gasteiger partial charge in [-0.15, -0.1) is 0 Å². The van der Waals surface area contributed by atoms with Crippen LogP contribution in [0.1, 0.15) is 0 Å². The normalized spacial score (nSPS) is 9.89. The van der Waals surface area contributed by atoms with Crippen molar-refractivity contribution < 1.29 is 4.79 Å². The van der Waals surface area contributed by atoms with Gasteiger partial charge in [0.2, 0.25) is 0 Å². The van der Waals surface area contributed by atoms with E-state index in [0.717, 1.165) is 4.47 Å². The Morgan fingerprint density at radius 3 is 2.67 bits per heavy atom. The van der Waals surface area contributed by atoms with E-state index in [-0.39, 0.29) is 6.03 Å². The molecule has 0 fully saturated rings. The lowest BCUT2D eigenvalue weighted by atomic mass is 10.3. The number of rotatable bonds is 2. The zero-order chi connectivity index (χ0) is 13.0. The van der Waals surface area contributed by atoms with E-state index < -0.39 is 0 Å². The molecule has 2 rings (SSSR count). The molecule has 0 aliphatic rings. The molecule has 0 spiro atoms. The first-order chi connectivity index (χ1) is 8.63. The van der Waals surface area contributed by atoms with Crippen molar-refractivity contribution in [1.82, 2.24) is 4.98 Å². The molecule has 0 aliphatic heterocycles. The Kier molecular flexibility index (Phi) is 4.17. The van der Waals surface area contributed by atoms with E-state index in [9.17, 15) is 4.79 Å². The van der Waals surface area contributed by atoms with Gasteiger partial charge in [0.25, 0.3) is 0 Å². The number of nitrogens with zero attached hydrogens (tertiary/aromatic N) is 1. The molecule has 0 saturated heterocycles. The molecule has 1 aromatic carbocycles. The summed E-state index contributed by atoms with van der Waals surface area (Å²) in [5.74, 6) is 0. The number of hydrogen-bond acceptors (Lipinski definition) is 2. The number of pyridine rings is 1. The third-order valence-electron chi connectivity index (χ3n) is 2.05. The van der Waals surface area contributed by atoms with Gasteiger partial charge in [-0.3, -0.25) is 4.98 Å². The molecule has 1 heterocycles. The number of amides is 2. The van der Waals surface area contributed by atoms with Crippen molar-refractivity contribution in [2.75, 3.05) is 10.6 Å². The summed E-state index contributed by atoms with van der Waals surface area (Å²) >= 11 is 9.10. The molecule has 0 unspecified atom stereocenters. The summed E-state index contributed by atoms with van der Waals surface area (Å²) in [5, 5.41) is 5.90. The summed E-state index contributed by atoms with van der Waals surface area (Å²) < 4.78 is 0.794. The molecule has 6 heteroatoms. The highest BCUT2D eigenvalue weighted by Gasteiger charge is 2.03. The lowest BCUT2D eigenvalue weighted by Gasteiger charge is -2.07. The van der Waals surface area contributed by atoms with Crippen LogP contribution in [-0.4, -0.2) is 11.0 Å². The fourth-order valence-electron chi connectivity index (χ4n) is 1.34. The monoisotopic (exact) mass is 325 g/mol. The van der Waals surface area contributed by atoms with Crippen LogP contribution in [0.25, 0.3) is 0 Å². The van der Waals surface area contributed by atoms with Gasteiger partial charge in [-0.25, -0.2) is 4.79 Å². The first kappa shape index (κ1) is 12.9. The van der Waals surface area contributed by atoms with Crippen molar-refractivity contribution >= 4 is 44.9 Å². The predicted octanol–water partition coefficient (Wildman–Crippen LogP) is 4.14. The molecule has 18 heavy (non-hydrogen) atoms. The van der Waals surface area contributed by atoms with E-state index in [2.05, 4.69) is 31.5 Å². The predicted molar refractivity (Wildman–Crippen MR) is 76.0 cm³/mol. The van der Waals surface area contributed by atoms with E-state index in [1.807, 2.05) is 0 Å². The van der Waals surface area contributed by atoms with Crippen LogP contribution in [0.2, 0.25) is 5.02 Å². The molecular formula is C12H9BrClN3O. The van der Waals surface area contributed by atoms with Crippen LogP contribution >= 0.6 is 27.5 Å². The van der Waals surface area contributed by atoms with Crippen LogP contribution in [-0.2, 0) is 0 Å². The Bertz CT molecular complexity index is 527. The number of hydrogen-bond donors (Lipinski definition) is 2. The Balaban J connectivity index is 2.01. The van der Waals surface area contributed by atoms with Gasteiger partial charge in [0.05, 0.1) is 11.9 Å². The maximum atomic E-state index is 11.7. The van der Waals surface area contributed by atoms with Crippen LogP contribution in [0.4, 0.5) is 16.2 Å². The second kappa shape index (κ2) is 5.84. The van der Waals surface area contributed by atoms with Crippen LogP contribution < -0.4 is 10.6 Å². The second-order valence-electron chi connectivity index (χ2n) is 3.48. The maximum absolute atomic E-state index is 11.7. The standard InChI is InChI=1S/C12H9BrClN3O/c13-8-4-11(7-15-6-8)17-12(18)16-10-3-1-2-9(14)5-10/h1-7H,(H2,16,17,18). The van der Waals surface area contributed by atoms with Gasteiger partial charge in [-0.2, -0.15) is 0 Å². The first-order valence-electron chi connectivity index (χ1n) is 5.07. The van der Waals surface area contributed by atoms with Crippen LogP contribution in [0.15, 0.2) is 47.2 Å². The van der Waals surface area contributed by atoms with Crippen molar-refractivity contribution in [2.45, 2.75) is 0 Å². The summed E-state index contributed by atoms with van der Waals surface area (Å²) in [6.45, 7) is 0. The largest absolute Gasteiger partial charge is 0.323 e. The summed E-state index contributed by atoms with van der Waals surface area (Å²) in [6, 6.07) is 8.33. The molecule has 1 aromatic heterocycles. The lowest BCUT2D eigenvalue weighted by molar-refractivity contribution is 0.262. The fourth-order valence-corrected chi connectivity index (χ4v) is 1.90. The zero-order valence-electron chi connectivity index (χ0n) is 9.15. The summed E-state index contributed by atoms with van der Waals surface area (Å²) in [4.78, 5) is 15.6. The number of carbonyl (C=O) groups excluding carboxylic acids is 1. The number of halogens is 2. The van der Waals surface area contributed by atoms with Crippen LogP contribution in [0.5, 0.6) is 0 Å². The Labute approximate surface area is 118 Å². The summed E-state index contributed by atoms with van der Waals surface area (Å²) in [7, 11) is 0. The van der Waals surface area contributed by atoms with Crippen molar-refractivity contribution in [3.8, 4) is 0 Å². The second-order valence-corrected chi connectivity index (χ2v) is 4.83. The third-order valence-corrected chi connectivity index (χ3v) is 2.71. The van der Waals surface area contributed by atoms with Gasteiger partial charge in [-0.05, 0) is 40.2 Å². The Morgan fingerprint density at radius 2 is 1.94 bits per heavy atom. The summed E-state index contributed by atoms with van der Waals surface area (Å²) in [5.41, 5.74) is 1.23. The van der Waals surface area contributed by atoms with Gasteiger partial charge in [0.1, 0.15) is 0 Å². The van der Waals surface area contributed by atoms with E-state index in [0.29, 0.717) is 16.4 Å². The van der Waals surface area contributed by atoms with Crippen molar-refractivity contribution in [3.63, 3.8) is 0 Å². The average Bonchev–Trinajstić information content (AvgIpc) is 2.28. The number of anilines is 2. The van der Waals surface area contributed by atoms with Crippen LogP contribution in [0.3, 0.4) is 0 Å². The molecule has 2 aromatic rings. The third kappa shape index (κ3) is 3.72. The Morgan fingerprint density at radius 1 is 1.17 bits per heavy atom. The summed E-state index contributed by atoms with van der Waals surface area (Å²) in [6.07, 6.45) is 3.20. The topological polar surface area (TPSA) is 54.0 Å². The first-order valence-corrected chi connectivity index (χ1v) is 6.25. The van der Waals surface area contributed by atoms with E-state index in [1.165, 1.54) is 0 Å². The zero-order valence-corrected chi connectivity index (χ0v) is 11.5. The van der Waals surface area contributed by atoms with Gasteiger partial charge >= 0.3 is 6.03 Å². The number of nitrogens with one attached hydrogen (secondary N) is 2. The van der Waals surface area contributed by atoms with E-state index in [4.69, 9.17) is 11.6 Å². The number of urea groups is 1. The molecule has 2 N–H and O–H groups in total. The highest BCUT2D eigenvalue weighted by Crippen LogP contribution is 2.16. The van der Waals surface area contributed by atoms with Gasteiger partial charge < -0.3 is 10.6 Å². The van der Waals surface area contributed by atoms with Crippen molar-refractivity contribution in [2.24, 2.45) is 0 Å². The number of benzene rings is 1. The smallest absolute Gasteiger partial charge is 0.308 e. The fraction of sp³-hybridized carbons (Fsp3) is 0. The SMILES string of the molecule is O=C(Nc1cccc(Cl)c1)Nc1cncc(Br)c1. The lowest BCUT2D eigenvalue weighted by Crippen LogP contribution is -2.19. The van der Waals surface area contributed by atoms with Gasteiger partial charge in [-0.1, -0.05) is 17.7 Å². The highest BCUT2D eigenvalue weighted by molar-refractivity contribution is 9.10. The maximum Gasteiger partial charge on any atom is 0.323 e.